The van der Waals surface area contributed by atoms with Crippen LogP contribution in [0.5, 0.6) is 0 Å². The van der Waals surface area contributed by atoms with E-state index in [1.165, 1.54) is 12.1 Å². The molecular weight excluding hydrogens is 261 g/mol. The summed E-state index contributed by atoms with van der Waals surface area (Å²) in [7, 11) is 0. The minimum absolute atomic E-state index is 0.262. The third-order valence-electron chi connectivity index (χ3n) is 2.30. The van der Waals surface area contributed by atoms with Crippen molar-refractivity contribution in [2.24, 2.45) is 0 Å². The Kier molecular flexibility index (Phi) is 5.59. The molecule has 0 unspecified atom stereocenters. The van der Waals surface area contributed by atoms with Crippen molar-refractivity contribution in [1.82, 2.24) is 0 Å². The van der Waals surface area contributed by atoms with Gasteiger partial charge in [0, 0.05) is 0 Å². The van der Waals surface area contributed by atoms with Crippen LogP contribution in [0.4, 0.5) is 5.69 Å². The van der Waals surface area contributed by atoms with Crippen LogP contribution in [0.3, 0.4) is 0 Å². The first kappa shape index (κ1) is 14.1. The number of rotatable bonds is 5. The first-order valence-corrected chi connectivity index (χ1v) is 6.23. The van der Waals surface area contributed by atoms with Crippen molar-refractivity contribution in [3.8, 4) is 0 Å². The smallest absolute Gasteiger partial charge is 0.338 e. The average Bonchev–Trinajstić information content (AvgIpc) is 2.30. The maximum absolute atomic E-state index is 11.6. The van der Waals surface area contributed by atoms with Gasteiger partial charge in [-0.15, -0.1) is 0 Å². The molecule has 0 aliphatic heterocycles. The molecule has 0 saturated carbocycles. The fraction of sp³-hybridized carbons (Fsp3) is 0.417. The molecule has 0 atom stereocenters. The number of hydrogen-bond donors (Lipinski definition) is 1. The molecule has 1 aromatic carbocycles. The minimum atomic E-state index is -0.426. The van der Waals surface area contributed by atoms with Gasteiger partial charge in [0.15, 0.2) is 0 Å². The standard InChI is InChI=1S/C12H15Cl2NO2/c1-2-3-4-5-17-12(16)8-6-9(13)11(15)10(14)7-8/h6-7H,2-5,15H2,1H3. The van der Waals surface area contributed by atoms with Crippen molar-refractivity contribution in [2.75, 3.05) is 12.3 Å². The normalized spacial score (nSPS) is 10.3. The quantitative estimate of drug-likeness (QED) is 0.503. The lowest BCUT2D eigenvalue weighted by Crippen LogP contribution is -2.07. The number of halogens is 2. The van der Waals surface area contributed by atoms with Crippen molar-refractivity contribution in [3.63, 3.8) is 0 Å². The molecule has 17 heavy (non-hydrogen) atoms. The number of carbonyl (C=O) groups is 1. The van der Waals surface area contributed by atoms with Crippen molar-refractivity contribution in [2.45, 2.75) is 26.2 Å². The number of unbranched alkanes of at least 4 members (excludes halogenated alkanes) is 2. The highest BCUT2D eigenvalue weighted by molar-refractivity contribution is 6.39. The number of ether oxygens (including phenoxy) is 1. The summed E-state index contributed by atoms with van der Waals surface area (Å²) in [6.07, 6.45) is 2.98. The molecule has 1 aromatic rings. The molecule has 0 bridgehead atoms. The third kappa shape index (κ3) is 4.10. The molecule has 0 aromatic heterocycles. The number of hydrogen-bond acceptors (Lipinski definition) is 3. The van der Waals surface area contributed by atoms with Gasteiger partial charge in [0.1, 0.15) is 0 Å². The number of nitrogens with two attached hydrogens (primary N) is 1. The molecule has 0 aliphatic carbocycles. The van der Waals surface area contributed by atoms with Gasteiger partial charge in [-0.1, -0.05) is 43.0 Å². The Hall–Kier alpha value is -0.930. The Labute approximate surface area is 111 Å². The molecule has 3 nitrogen and oxygen atoms in total. The molecular formula is C12H15Cl2NO2. The van der Waals surface area contributed by atoms with Crippen molar-refractivity contribution in [1.29, 1.82) is 0 Å². The van der Waals surface area contributed by atoms with Gasteiger partial charge in [-0.3, -0.25) is 0 Å². The minimum Gasteiger partial charge on any atom is -0.462 e. The third-order valence-corrected chi connectivity index (χ3v) is 2.92. The molecule has 5 heteroatoms. The van der Waals surface area contributed by atoms with Crippen LogP contribution in [-0.4, -0.2) is 12.6 Å². The van der Waals surface area contributed by atoms with Gasteiger partial charge in [-0.05, 0) is 18.6 Å². The van der Waals surface area contributed by atoms with E-state index in [0.717, 1.165) is 19.3 Å². The molecule has 2 N–H and O–H groups in total. The van der Waals surface area contributed by atoms with E-state index in [1.54, 1.807) is 0 Å². The Morgan fingerprint density at radius 3 is 2.41 bits per heavy atom. The Morgan fingerprint density at radius 1 is 1.29 bits per heavy atom. The summed E-state index contributed by atoms with van der Waals surface area (Å²) in [5.41, 5.74) is 6.17. The molecule has 94 valence electrons. The lowest BCUT2D eigenvalue weighted by molar-refractivity contribution is 0.0498. The second-order valence-electron chi connectivity index (χ2n) is 3.70. The number of nitrogen functional groups attached to an aromatic ring is 1. The molecule has 0 heterocycles. The highest BCUT2D eigenvalue weighted by Crippen LogP contribution is 2.29. The molecule has 0 amide bonds. The summed E-state index contributed by atoms with van der Waals surface area (Å²) in [6, 6.07) is 2.93. The van der Waals surface area contributed by atoms with Crippen molar-refractivity contribution >= 4 is 34.9 Å². The number of anilines is 1. The first-order chi connectivity index (χ1) is 8.06. The van der Waals surface area contributed by atoms with Gasteiger partial charge >= 0.3 is 5.97 Å². The van der Waals surface area contributed by atoms with Crippen LogP contribution in [0.1, 0.15) is 36.5 Å². The predicted molar refractivity (Wildman–Crippen MR) is 70.7 cm³/mol. The zero-order chi connectivity index (χ0) is 12.8. The summed E-state index contributed by atoms with van der Waals surface area (Å²) in [5, 5.41) is 0.524. The van der Waals surface area contributed by atoms with Crippen LogP contribution in [0.25, 0.3) is 0 Å². The first-order valence-electron chi connectivity index (χ1n) is 5.48. The summed E-state index contributed by atoms with van der Waals surface area (Å²) in [5.74, 6) is -0.426. The average molecular weight is 276 g/mol. The molecule has 0 radical (unpaired) electrons. The van der Waals surface area contributed by atoms with Gasteiger partial charge in [-0.25, -0.2) is 4.79 Å². The highest BCUT2D eigenvalue weighted by Gasteiger charge is 2.12. The highest BCUT2D eigenvalue weighted by atomic mass is 35.5. The summed E-state index contributed by atoms with van der Waals surface area (Å²) < 4.78 is 5.08. The monoisotopic (exact) mass is 275 g/mol. The molecule has 0 saturated heterocycles. The van der Waals surface area contributed by atoms with E-state index in [4.69, 9.17) is 33.7 Å². The van der Waals surface area contributed by atoms with E-state index in [-0.39, 0.29) is 15.7 Å². The summed E-state index contributed by atoms with van der Waals surface area (Å²) in [6.45, 7) is 2.49. The van der Waals surface area contributed by atoms with Gasteiger partial charge in [-0.2, -0.15) is 0 Å². The van der Waals surface area contributed by atoms with E-state index in [1.807, 2.05) is 0 Å². The maximum atomic E-state index is 11.6. The van der Waals surface area contributed by atoms with E-state index >= 15 is 0 Å². The lowest BCUT2D eigenvalue weighted by atomic mass is 10.2. The summed E-state index contributed by atoms with van der Waals surface area (Å²) >= 11 is 11.7. The number of esters is 1. The zero-order valence-corrected chi connectivity index (χ0v) is 11.1. The van der Waals surface area contributed by atoms with Crippen LogP contribution >= 0.6 is 23.2 Å². The largest absolute Gasteiger partial charge is 0.462 e. The molecule has 1 rings (SSSR count). The van der Waals surface area contributed by atoms with Crippen molar-refractivity contribution in [3.05, 3.63) is 27.7 Å². The van der Waals surface area contributed by atoms with Crippen LogP contribution < -0.4 is 5.73 Å². The zero-order valence-electron chi connectivity index (χ0n) is 9.63. The molecule has 0 spiro atoms. The second-order valence-corrected chi connectivity index (χ2v) is 4.51. The number of carbonyl (C=O) groups excluding carboxylic acids is 1. The van der Waals surface area contributed by atoms with E-state index in [2.05, 4.69) is 6.92 Å². The maximum Gasteiger partial charge on any atom is 0.338 e. The Morgan fingerprint density at radius 2 is 1.88 bits per heavy atom. The molecule has 0 aliphatic rings. The van der Waals surface area contributed by atoms with Gasteiger partial charge < -0.3 is 10.5 Å². The lowest BCUT2D eigenvalue weighted by Gasteiger charge is -2.07. The fourth-order valence-electron chi connectivity index (χ4n) is 1.30. The SMILES string of the molecule is CCCCCOC(=O)c1cc(Cl)c(N)c(Cl)c1. The topological polar surface area (TPSA) is 52.3 Å². The summed E-state index contributed by atoms with van der Waals surface area (Å²) in [4.78, 5) is 11.6. The van der Waals surface area contributed by atoms with Gasteiger partial charge in [0.05, 0.1) is 27.9 Å². The Balaban J connectivity index is 2.63. The number of benzene rings is 1. The predicted octanol–water partition coefficient (Wildman–Crippen LogP) is 3.92. The van der Waals surface area contributed by atoms with Crippen LogP contribution in [0.2, 0.25) is 10.0 Å². The van der Waals surface area contributed by atoms with Crippen LogP contribution in [0, 0.1) is 0 Å². The molecule has 0 fully saturated rings. The van der Waals surface area contributed by atoms with Crippen LogP contribution in [0.15, 0.2) is 12.1 Å². The van der Waals surface area contributed by atoms with Crippen LogP contribution in [-0.2, 0) is 4.74 Å². The van der Waals surface area contributed by atoms with Crippen molar-refractivity contribution < 1.29 is 9.53 Å². The van der Waals surface area contributed by atoms with E-state index < -0.39 is 5.97 Å². The van der Waals surface area contributed by atoms with E-state index in [9.17, 15) is 4.79 Å². The van der Waals surface area contributed by atoms with Gasteiger partial charge in [0.25, 0.3) is 0 Å². The second kappa shape index (κ2) is 6.72. The fourth-order valence-corrected chi connectivity index (χ4v) is 1.79. The Bertz CT molecular complexity index is 384. The van der Waals surface area contributed by atoms with Gasteiger partial charge in [0.2, 0.25) is 0 Å². The van der Waals surface area contributed by atoms with E-state index in [0.29, 0.717) is 12.2 Å².